The van der Waals surface area contributed by atoms with Crippen molar-refractivity contribution in [3.63, 3.8) is 0 Å². The summed E-state index contributed by atoms with van der Waals surface area (Å²) in [4.78, 5) is 11.4. The fourth-order valence-electron chi connectivity index (χ4n) is 0.522. The van der Waals surface area contributed by atoms with Gasteiger partial charge in [0.2, 0.25) is 0 Å². The minimum atomic E-state index is -5.31. The lowest BCUT2D eigenvalue weighted by Crippen LogP contribution is -1.93. The van der Waals surface area contributed by atoms with E-state index >= 15 is 0 Å². The first kappa shape index (κ1) is 2.43. The average Bonchev–Trinajstić information content (AvgIpc) is 2.98. The van der Waals surface area contributed by atoms with Gasteiger partial charge in [-0.2, -0.15) is 0 Å². The second-order valence-corrected chi connectivity index (χ2v) is 2.43. The van der Waals surface area contributed by atoms with E-state index in [1.807, 2.05) is 0 Å². The molecule has 0 unspecified atom stereocenters. The molecule has 0 radical (unpaired) electrons. The van der Waals surface area contributed by atoms with Gasteiger partial charge in [-0.05, 0) is 6.37 Å². The van der Waals surface area contributed by atoms with Gasteiger partial charge in [0.05, 0.1) is 0 Å². The van der Waals surface area contributed by atoms with Crippen LogP contribution < -0.4 is 0 Å². The number of carbonyl (C=O) groups is 1. The van der Waals surface area contributed by atoms with Gasteiger partial charge in [-0.15, -0.1) is 0 Å². The van der Waals surface area contributed by atoms with Crippen molar-refractivity contribution in [2.45, 2.75) is 115 Å². The highest BCUT2D eigenvalue weighted by Crippen LogP contribution is 2.13. The number of carboxylic acids is 1. The standard InChI is InChI=1S/C19H38O2/c1-2-3-4-5-6-7-8-9-10-11-12-13-14-15-16-17-18-19(20)21/h2-18H2,1H3,(H,20,21)/i1D3,2D2,3D2,4D2,5D2,6D2,7D2,8D2,9D2,10D2,11D2,12D2,13D2,14D2,15D2,16D2,17D2,18D2. The Morgan fingerprint density at radius 3 is 1.38 bits per heavy atom. The summed E-state index contributed by atoms with van der Waals surface area (Å²) in [5, 5.41) is 9.09. The Labute approximate surface area is 184 Å². The summed E-state index contributed by atoms with van der Waals surface area (Å²) in [7, 11) is 0. The summed E-state index contributed by atoms with van der Waals surface area (Å²) < 4.78 is 294. The molecule has 0 amide bonds. The van der Waals surface area contributed by atoms with Crippen LogP contribution in [-0.2, 0) is 4.79 Å². The van der Waals surface area contributed by atoms with Gasteiger partial charge in [0.15, 0.2) is 0 Å². The zero-order valence-corrected chi connectivity index (χ0v) is 10.4. The summed E-state index contributed by atoms with van der Waals surface area (Å²) in [5.41, 5.74) is 0. The fourth-order valence-corrected chi connectivity index (χ4v) is 0.522. The van der Waals surface area contributed by atoms with Gasteiger partial charge in [-0.3, -0.25) is 4.79 Å². The first-order valence-corrected chi connectivity index (χ1v) is 4.93. The monoisotopic (exact) mass is 336 g/mol. The van der Waals surface area contributed by atoms with Gasteiger partial charge in [0, 0.05) is 57.1 Å². The maximum absolute atomic E-state index is 11.4. The molecule has 2 nitrogen and oxygen atoms in total. The molecule has 0 heterocycles. The third-order valence-electron chi connectivity index (χ3n) is 1.11. The molecule has 126 valence electrons. The van der Waals surface area contributed by atoms with Crippen molar-refractivity contribution in [2.75, 3.05) is 0 Å². The average molecular weight is 336 g/mol. The zero-order valence-electron chi connectivity index (χ0n) is 47.4. The fraction of sp³-hybridized carbons (Fsp3) is 0.947. The van der Waals surface area contributed by atoms with Crippen LogP contribution in [0.2, 0.25) is 0 Å². The van der Waals surface area contributed by atoms with Gasteiger partial charge in [0.25, 0.3) is 0 Å². The maximum Gasteiger partial charge on any atom is 0.303 e. The number of hydrogen-bond donors (Lipinski definition) is 1. The van der Waals surface area contributed by atoms with Crippen LogP contribution in [0.5, 0.6) is 0 Å². The first-order chi connectivity index (χ1) is 24.2. The molecule has 0 fully saturated rings. The first-order valence-electron chi connectivity index (χ1n) is 23.4. The third kappa shape index (κ3) is 19.5. The highest BCUT2D eigenvalue weighted by molar-refractivity contribution is 5.66. The van der Waals surface area contributed by atoms with Gasteiger partial charge in [-0.25, -0.2) is 0 Å². The normalized spacial score (nSPS) is 49.2. The predicted molar refractivity (Wildman–Crippen MR) is 91.8 cm³/mol. The van der Waals surface area contributed by atoms with Crippen LogP contribution >= 0.6 is 0 Å². The molecule has 0 aliphatic rings. The van der Waals surface area contributed by atoms with E-state index in [0.717, 1.165) is 0 Å². The van der Waals surface area contributed by atoms with Crippen LogP contribution in [0, 0.1) is 0 Å². The second-order valence-electron chi connectivity index (χ2n) is 2.43. The zero-order chi connectivity index (χ0) is 48.6. The molecule has 0 aliphatic carbocycles. The van der Waals surface area contributed by atoms with E-state index < -0.39 is 121 Å². The Kier molecular flexibility index (Phi) is 2.03. The maximum atomic E-state index is 11.4. The van der Waals surface area contributed by atoms with Crippen molar-refractivity contribution in [2.24, 2.45) is 0 Å². The Morgan fingerprint density at radius 1 is 0.714 bits per heavy atom. The van der Waals surface area contributed by atoms with Crippen molar-refractivity contribution in [3.8, 4) is 0 Å². The van der Waals surface area contributed by atoms with E-state index in [4.69, 9.17) is 55.8 Å². The van der Waals surface area contributed by atoms with Crippen molar-refractivity contribution in [1.29, 1.82) is 0 Å². The molecule has 1 N–H and O–H groups in total. The topological polar surface area (TPSA) is 37.3 Å². The summed E-state index contributed by atoms with van der Waals surface area (Å²) in [6.45, 7) is -4.17. The van der Waals surface area contributed by atoms with E-state index in [-0.39, 0.29) is 0 Å². The molecule has 0 atom stereocenters. The highest BCUT2D eigenvalue weighted by Gasteiger charge is 1.97. The van der Waals surface area contributed by atoms with Crippen LogP contribution in [0.1, 0.15) is 166 Å². The minimum Gasteiger partial charge on any atom is -0.481 e. The minimum absolute atomic E-state index is 2.82. The van der Waals surface area contributed by atoms with Crippen molar-refractivity contribution < 1.29 is 60.6 Å². The highest BCUT2D eigenvalue weighted by atomic mass is 16.4. The molecular formula is C19H38O2. The summed E-state index contributed by atoms with van der Waals surface area (Å²) >= 11 is 0. The molecule has 0 aromatic carbocycles. The third-order valence-corrected chi connectivity index (χ3v) is 1.11. The summed E-state index contributed by atoms with van der Waals surface area (Å²) in [6, 6.07) is 0. The van der Waals surface area contributed by atoms with Crippen LogP contribution in [0.4, 0.5) is 0 Å². The van der Waals surface area contributed by atoms with Crippen molar-refractivity contribution >= 4 is 5.97 Å². The lowest BCUT2D eigenvalue weighted by Gasteiger charge is -2.03. The largest absolute Gasteiger partial charge is 0.481 e. The number of aliphatic carboxylic acids is 1. The molecule has 0 saturated heterocycles. The van der Waals surface area contributed by atoms with E-state index in [2.05, 4.69) is 0 Å². The van der Waals surface area contributed by atoms with E-state index in [1.165, 1.54) is 0 Å². The molecule has 0 aromatic rings. The summed E-state index contributed by atoms with van der Waals surface area (Å²) in [6.07, 6.45) is -85.6. The van der Waals surface area contributed by atoms with Crippen molar-refractivity contribution in [1.82, 2.24) is 0 Å². The number of carboxylic acid groups (broad SMARTS) is 1. The van der Waals surface area contributed by atoms with E-state index in [9.17, 15) is 4.79 Å². The smallest absolute Gasteiger partial charge is 0.303 e. The Balaban J connectivity index is 7.90. The molecule has 0 aromatic heterocycles. The van der Waals surface area contributed by atoms with Crippen molar-refractivity contribution in [3.05, 3.63) is 0 Å². The quantitative estimate of drug-likeness (QED) is 0.320. The summed E-state index contributed by atoms with van der Waals surface area (Å²) in [5.74, 6) is -2.82. The molecular weight excluding hydrogens is 260 g/mol. The Bertz CT molecular complexity index is 1540. The van der Waals surface area contributed by atoms with Crippen LogP contribution in [0.25, 0.3) is 0 Å². The molecule has 0 spiro atoms. The molecule has 0 saturated carbocycles. The Morgan fingerprint density at radius 2 is 1.05 bits per heavy atom. The van der Waals surface area contributed by atoms with Gasteiger partial charge in [0.1, 0.15) is 0 Å². The molecule has 0 bridgehead atoms. The molecule has 2 heteroatoms. The number of rotatable bonds is 17. The van der Waals surface area contributed by atoms with E-state index in [1.54, 1.807) is 0 Å². The Hall–Kier alpha value is -0.530. The van der Waals surface area contributed by atoms with Gasteiger partial charge in [-0.1, -0.05) is 102 Å². The number of hydrogen-bond acceptors (Lipinski definition) is 1. The van der Waals surface area contributed by atoms with E-state index in [0.29, 0.717) is 0 Å². The van der Waals surface area contributed by atoms with Crippen LogP contribution in [-0.4, -0.2) is 11.1 Å². The van der Waals surface area contributed by atoms with Gasteiger partial charge < -0.3 is 5.11 Å². The second kappa shape index (κ2) is 17.5. The SMILES string of the molecule is [2H]C([2H])([2H])C([2H])([2H])C([2H])([2H])C([2H])([2H])C([2H])([2H])C([2H])([2H])C([2H])([2H])C([2H])([2H])C([2H])([2H])C([2H])([2H])C([2H])([2H])C([2H])([2H])C([2H])([2H])C([2H])([2H])C([2H])([2H])C([2H])([2H])C([2H])([2H])C([2H])([2H])C(=O)O. The lowest BCUT2D eigenvalue weighted by molar-refractivity contribution is -0.137. The molecule has 0 rings (SSSR count). The lowest BCUT2D eigenvalue weighted by atomic mass is 10.0. The molecule has 0 aliphatic heterocycles. The predicted octanol–water partition coefficient (Wildman–Crippen LogP) is 6.72. The van der Waals surface area contributed by atoms with Crippen LogP contribution in [0.15, 0.2) is 0 Å². The molecule has 21 heavy (non-hydrogen) atoms. The van der Waals surface area contributed by atoms with Gasteiger partial charge >= 0.3 is 5.97 Å². The van der Waals surface area contributed by atoms with Crippen LogP contribution in [0.3, 0.4) is 0 Å².